The van der Waals surface area contributed by atoms with Crippen LogP contribution in [0.4, 0.5) is 0 Å². The molecule has 0 aliphatic carbocycles. The number of aromatic nitrogens is 2. The number of imidazole rings is 1. The Morgan fingerprint density at radius 2 is 1.62 bits per heavy atom. The van der Waals surface area contributed by atoms with Crippen LogP contribution < -0.4 is 5.69 Å². The zero-order chi connectivity index (χ0) is 19.2. The number of hydrogen-bond donors (Lipinski definition) is 0. The fourth-order valence-electron chi connectivity index (χ4n) is 2.35. The molecule has 2 aromatic carbocycles. The Balaban J connectivity index is 2.14. The van der Waals surface area contributed by atoms with Crippen molar-refractivity contribution >= 4 is 60.6 Å². The van der Waals surface area contributed by atoms with Gasteiger partial charge in [0.05, 0.1) is 30.5 Å². The summed E-state index contributed by atoms with van der Waals surface area (Å²) in [5.41, 5.74) is 0.265. The van der Waals surface area contributed by atoms with Gasteiger partial charge in [0.1, 0.15) is 0 Å². The van der Waals surface area contributed by atoms with Gasteiger partial charge in [-0.1, -0.05) is 34.8 Å². The van der Waals surface area contributed by atoms with Gasteiger partial charge < -0.3 is 4.57 Å². The van der Waals surface area contributed by atoms with E-state index in [0.717, 1.165) is 0 Å². The van der Waals surface area contributed by atoms with Crippen molar-refractivity contribution in [1.29, 1.82) is 0 Å². The van der Waals surface area contributed by atoms with Gasteiger partial charge in [-0.25, -0.2) is 13.2 Å². The SMILES string of the molecule is Cn1ccn(-c2ccc(S(=O)(=O)c3ccc(Cl)c(Cl)c3Cl)c(Br)c2)c1=O. The number of halogens is 4. The molecule has 0 saturated carbocycles. The van der Waals surface area contributed by atoms with Gasteiger partial charge in [0.25, 0.3) is 0 Å². The van der Waals surface area contributed by atoms with Crippen molar-refractivity contribution in [2.24, 2.45) is 7.05 Å². The average Bonchev–Trinajstić information content (AvgIpc) is 2.91. The molecular weight excluding hydrogens is 487 g/mol. The van der Waals surface area contributed by atoms with Gasteiger partial charge in [-0.2, -0.15) is 0 Å². The van der Waals surface area contributed by atoms with Crippen molar-refractivity contribution in [3.05, 3.63) is 72.8 Å². The zero-order valence-electron chi connectivity index (χ0n) is 13.1. The number of nitrogens with zero attached hydrogens (tertiary/aromatic N) is 2. The number of rotatable bonds is 3. The predicted octanol–water partition coefficient (Wildman–Crippen LogP) is 4.73. The first-order valence-electron chi connectivity index (χ1n) is 7.07. The molecule has 1 heterocycles. The van der Waals surface area contributed by atoms with E-state index in [1.807, 2.05) is 0 Å². The zero-order valence-corrected chi connectivity index (χ0v) is 17.8. The van der Waals surface area contributed by atoms with E-state index < -0.39 is 9.84 Å². The standard InChI is InChI=1S/C16H10BrCl3N2O3S/c1-21-6-7-22(16(21)23)9-2-4-12(10(17)8-9)26(24,25)13-5-3-11(18)14(19)15(13)20/h2-8H,1H3. The monoisotopic (exact) mass is 494 g/mol. The molecule has 1 aromatic heterocycles. The van der Waals surface area contributed by atoms with Gasteiger partial charge in [0.2, 0.25) is 9.84 Å². The number of benzene rings is 2. The minimum atomic E-state index is -3.96. The maximum absolute atomic E-state index is 13.0. The molecule has 26 heavy (non-hydrogen) atoms. The van der Waals surface area contributed by atoms with Crippen LogP contribution in [0.3, 0.4) is 0 Å². The molecule has 136 valence electrons. The molecule has 5 nitrogen and oxygen atoms in total. The van der Waals surface area contributed by atoms with Gasteiger partial charge in [0.15, 0.2) is 0 Å². The van der Waals surface area contributed by atoms with Crippen molar-refractivity contribution in [2.75, 3.05) is 0 Å². The van der Waals surface area contributed by atoms with E-state index in [9.17, 15) is 13.2 Å². The maximum atomic E-state index is 13.0. The van der Waals surface area contributed by atoms with Gasteiger partial charge in [-0.05, 0) is 46.3 Å². The minimum absolute atomic E-state index is 0.00878. The lowest BCUT2D eigenvalue weighted by Gasteiger charge is -2.11. The van der Waals surface area contributed by atoms with Gasteiger partial charge in [0, 0.05) is 23.9 Å². The quantitative estimate of drug-likeness (QED) is 0.493. The molecule has 0 saturated heterocycles. The topological polar surface area (TPSA) is 61.1 Å². The van der Waals surface area contributed by atoms with Crippen LogP contribution in [0.25, 0.3) is 5.69 Å². The van der Waals surface area contributed by atoms with Crippen LogP contribution in [-0.4, -0.2) is 17.6 Å². The van der Waals surface area contributed by atoms with E-state index in [1.165, 1.54) is 33.4 Å². The molecule has 3 aromatic rings. The van der Waals surface area contributed by atoms with Crippen LogP contribution in [0, 0.1) is 0 Å². The molecule has 0 spiro atoms. The van der Waals surface area contributed by atoms with Gasteiger partial charge in [-0.15, -0.1) is 0 Å². The molecule has 0 atom stereocenters. The number of sulfone groups is 1. The van der Waals surface area contributed by atoms with Crippen molar-refractivity contribution in [1.82, 2.24) is 9.13 Å². The van der Waals surface area contributed by atoms with Crippen molar-refractivity contribution in [3.8, 4) is 5.69 Å². The van der Waals surface area contributed by atoms with Crippen molar-refractivity contribution in [2.45, 2.75) is 9.79 Å². The second kappa shape index (κ2) is 7.05. The highest BCUT2D eigenvalue weighted by Gasteiger charge is 2.26. The molecular formula is C16H10BrCl3N2O3S. The Bertz CT molecular complexity index is 1190. The Morgan fingerprint density at radius 3 is 2.19 bits per heavy atom. The molecule has 0 N–H and O–H groups in total. The van der Waals surface area contributed by atoms with Crippen LogP contribution in [0.5, 0.6) is 0 Å². The average molecular weight is 497 g/mol. The smallest absolute Gasteiger partial charge is 0.302 e. The summed E-state index contributed by atoms with van der Waals surface area (Å²) in [6.45, 7) is 0. The summed E-state index contributed by atoms with van der Waals surface area (Å²) in [5.74, 6) is 0. The Morgan fingerprint density at radius 1 is 0.962 bits per heavy atom. The fraction of sp³-hybridized carbons (Fsp3) is 0.0625. The van der Waals surface area contributed by atoms with E-state index in [2.05, 4.69) is 15.9 Å². The summed E-state index contributed by atoms with van der Waals surface area (Å²) in [4.78, 5) is 11.9. The minimum Gasteiger partial charge on any atom is -0.302 e. The second-order valence-corrected chi connectivity index (χ2v) is 9.26. The highest BCUT2D eigenvalue weighted by Crippen LogP contribution is 2.39. The molecule has 10 heteroatoms. The summed E-state index contributed by atoms with van der Waals surface area (Å²) >= 11 is 21.2. The summed E-state index contributed by atoms with van der Waals surface area (Å²) in [5, 5.41) is -0.0131. The number of aryl methyl sites for hydroxylation is 1. The normalized spacial score (nSPS) is 11.7. The Kier molecular flexibility index (Phi) is 5.29. The molecule has 0 aliphatic heterocycles. The third-order valence-electron chi connectivity index (χ3n) is 3.72. The Hall–Kier alpha value is -1.25. The molecule has 0 aliphatic rings. The highest BCUT2D eigenvalue weighted by atomic mass is 79.9. The summed E-state index contributed by atoms with van der Waals surface area (Å²) in [6, 6.07) is 7.14. The highest BCUT2D eigenvalue weighted by molar-refractivity contribution is 9.10. The Labute approximate surface area is 172 Å². The maximum Gasteiger partial charge on any atom is 0.332 e. The van der Waals surface area contributed by atoms with Crippen LogP contribution >= 0.6 is 50.7 Å². The molecule has 0 unspecified atom stereocenters. The lowest BCUT2D eigenvalue weighted by atomic mass is 10.3. The first-order chi connectivity index (χ1) is 12.1. The molecule has 0 fully saturated rings. The van der Waals surface area contributed by atoms with Crippen LogP contribution in [0.15, 0.2) is 61.8 Å². The molecule has 0 bridgehead atoms. The van der Waals surface area contributed by atoms with Crippen molar-refractivity contribution in [3.63, 3.8) is 0 Å². The van der Waals surface area contributed by atoms with E-state index in [-0.39, 0.29) is 35.0 Å². The largest absolute Gasteiger partial charge is 0.332 e. The van der Waals surface area contributed by atoms with E-state index in [4.69, 9.17) is 34.8 Å². The van der Waals surface area contributed by atoms with Gasteiger partial charge in [-0.3, -0.25) is 4.57 Å². The summed E-state index contributed by atoms with van der Waals surface area (Å²) < 4.78 is 29.0. The van der Waals surface area contributed by atoms with E-state index in [1.54, 1.807) is 25.5 Å². The third kappa shape index (κ3) is 3.23. The first-order valence-corrected chi connectivity index (χ1v) is 10.5. The van der Waals surface area contributed by atoms with E-state index >= 15 is 0 Å². The predicted molar refractivity (Wildman–Crippen MR) is 106 cm³/mol. The number of hydrogen-bond acceptors (Lipinski definition) is 3. The molecule has 0 amide bonds. The molecule has 3 rings (SSSR count). The summed E-state index contributed by atoms with van der Waals surface area (Å²) in [6.07, 6.45) is 3.20. The lowest BCUT2D eigenvalue weighted by molar-refractivity contribution is 0.595. The first kappa shape index (κ1) is 19.5. The fourth-order valence-corrected chi connectivity index (χ4v) is 5.64. The van der Waals surface area contributed by atoms with Crippen LogP contribution in [0.1, 0.15) is 0 Å². The van der Waals surface area contributed by atoms with Gasteiger partial charge >= 0.3 is 5.69 Å². The molecule has 0 radical (unpaired) electrons. The third-order valence-corrected chi connectivity index (χ3v) is 7.90. The second-order valence-electron chi connectivity index (χ2n) is 5.35. The van der Waals surface area contributed by atoms with Crippen molar-refractivity contribution < 1.29 is 8.42 Å². The van der Waals surface area contributed by atoms with E-state index in [0.29, 0.717) is 5.69 Å². The lowest BCUT2D eigenvalue weighted by Crippen LogP contribution is -2.20. The van der Waals surface area contributed by atoms with Crippen LogP contribution in [-0.2, 0) is 16.9 Å². The van der Waals surface area contributed by atoms with Crippen LogP contribution in [0.2, 0.25) is 15.1 Å². The summed E-state index contributed by atoms with van der Waals surface area (Å²) in [7, 11) is -2.33.